The maximum Gasteiger partial charge on any atom is 0.251 e. The van der Waals surface area contributed by atoms with Gasteiger partial charge in [0.2, 0.25) is 0 Å². The van der Waals surface area contributed by atoms with Crippen molar-refractivity contribution in [2.45, 2.75) is 6.42 Å². The van der Waals surface area contributed by atoms with Gasteiger partial charge in [-0.15, -0.1) is 0 Å². The molecule has 1 aromatic heterocycles. The molecule has 1 N–H and O–H groups in total. The number of aromatic nitrogens is 1. The van der Waals surface area contributed by atoms with E-state index in [1.54, 1.807) is 13.2 Å². The standard InChI is InChI=1S/C27H27N3O4/c1-28-27(31)20-6-4-5-17-15-18(7-8-19(17)20)34-23-9-11-29-22-16-24(32-14-12-30(2)3)26-21(25(22)23)10-13-33-26/h4-9,11,15-16H,10,12-14H2,1-3H3,(H,28,31). The molecule has 5 rings (SSSR count). The quantitative estimate of drug-likeness (QED) is 0.443. The van der Waals surface area contributed by atoms with Gasteiger partial charge in [0.15, 0.2) is 11.5 Å². The van der Waals surface area contributed by atoms with Crippen LogP contribution in [0.25, 0.3) is 21.7 Å². The highest BCUT2D eigenvalue weighted by Gasteiger charge is 2.24. The smallest absolute Gasteiger partial charge is 0.251 e. The lowest BCUT2D eigenvalue weighted by molar-refractivity contribution is 0.0964. The molecule has 0 atom stereocenters. The van der Waals surface area contributed by atoms with Crippen molar-refractivity contribution in [2.24, 2.45) is 0 Å². The molecule has 0 spiro atoms. The molecular weight excluding hydrogens is 430 g/mol. The Morgan fingerprint density at radius 1 is 1.15 bits per heavy atom. The van der Waals surface area contributed by atoms with E-state index in [4.69, 9.17) is 14.2 Å². The summed E-state index contributed by atoms with van der Waals surface area (Å²) < 4.78 is 18.3. The zero-order chi connectivity index (χ0) is 23.7. The number of rotatable bonds is 7. The summed E-state index contributed by atoms with van der Waals surface area (Å²) in [4.78, 5) is 18.9. The number of ether oxygens (including phenoxy) is 3. The second-order valence-corrected chi connectivity index (χ2v) is 8.51. The molecule has 0 unspecified atom stereocenters. The van der Waals surface area contributed by atoms with Crippen molar-refractivity contribution in [3.8, 4) is 23.0 Å². The molecule has 7 nitrogen and oxygen atoms in total. The Hall–Kier alpha value is -3.84. The molecule has 0 bridgehead atoms. The number of benzene rings is 3. The minimum absolute atomic E-state index is 0.112. The Labute approximate surface area is 198 Å². The second-order valence-electron chi connectivity index (χ2n) is 8.51. The number of hydrogen-bond donors (Lipinski definition) is 1. The third-order valence-corrected chi connectivity index (χ3v) is 5.96. The SMILES string of the molecule is CNC(=O)c1cccc2cc(Oc3ccnc4cc(OCCN(C)C)c5c(c34)CCO5)ccc12. The summed E-state index contributed by atoms with van der Waals surface area (Å²) in [5, 5.41) is 5.44. The van der Waals surface area contributed by atoms with Crippen LogP contribution < -0.4 is 19.5 Å². The third kappa shape index (κ3) is 4.10. The number of pyridine rings is 1. The highest BCUT2D eigenvalue weighted by atomic mass is 16.5. The fourth-order valence-electron chi connectivity index (χ4n) is 4.29. The molecule has 2 heterocycles. The average molecular weight is 458 g/mol. The van der Waals surface area contributed by atoms with Crippen LogP contribution in [-0.4, -0.2) is 56.7 Å². The van der Waals surface area contributed by atoms with Crippen LogP contribution in [0, 0.1) is 0 Å². The maximum absolute atomic E-state index is 12.2. The first-order chi connectivity index (χ1) is 16.5. The fraction of sp³-hybridized carbons (Fsp3) is 0.259. The van der Waals surface area contributed by atoms with Gasteiger partial charge in [0.25, 0.3) is 5.91 Å². The number of carbonyl (C=O) groups is 1. The highest BCUT2D eigenvalue weighted by Crippen LogP contribution is 2.44. The Kier molecular flexibility index (Phi) is 5.94. The molecular formula is C27H27N3O4. The van der Waals surface area contributed by atoms with Gasteiger partial charge < -0.3 is 24.4 Å². The van der Waals surface area contributed by atoms with Crippen LogP contribution in [0.1, 0.15) is 15.9 Å². The molecule has 4 aromatic rings. The van der Waals surface area contributed by atoms with Gasteiger partial charge in [0, 0.05) is 43.4 Å². The van der Waals surface area contributed by atoms with Gasteiger partial charge in [-0.1, -0.05) is 12.1 Å². The van der Waals surface area contributed by atoms with Crippen molar-refractivity contribution in [2.75, 3.05) is 40.9 Å². The van der Waals surface area contributed by atoms with Gasteiger partial charge in [0.05, 0.1) is 17.5 Å². The molecule has 0 saturated carbocycles. The van der Waals surface area contributed by atoms with Crippen molar-refractivity contribution in [1.29, 1.82) is 0 Å². The summed E-state index contributed by atoms with van der Waals surface area (Å²) in [5.74, 6) is 2.79. The summed E-state index contributed by atoms with van der Waals surface area (Å²) >= 11 is 0. The molecule has 1 amide bonds. The number of carbonyl (C=O) groups excluding carboxylic acids is 1. The van der Waals surface area contributed by atoms with Gasteiger partial charge in [-0.25, -0.2) is 0 Å². The van der Waals surface area contributed by atoms with Crippen LogP contribution in [0.3, 0.4) is 0 Å². The Morgan fingerprint density at radius 3 is 2.85 bits per heavy atom. The van der Waals surface area contributed by atoms with Crippen LogP contribution in [0.2, 0.25) is 0 Å². The van der Waals surface area contributed by atoms with E-state index in [1.165, 1.54) is 0 Å². The average Bonchev–Trinajstić information content (AvgIpc) is 3.33. The molecule has 1 aliphatic heterocycles. The van der Waals surface area contributed by atoms with Crippen LogP contribution in [-0.2, 0) is 6.42 Å². The van der Waals surface area contributed by atoms with E-state index in [9.17, 15) is 4.79 Å². The van der Waals surface area contributed by atoms with Gasteiger partial charge in [-0.2, -0.15) is 0 Å². The highest BCUT2D eigenvalue weighted by molar-refractivity contribution is 6.07. The van der Waals surface area contributed by atoms with Crippen molar-refractivity contribution in [1.82, 2.24) is 15.2 Å². The molecule has 7 heteroatoms. The number of nitrogens with zero attached hydrogens (tertiary/aromatic N) is 2. The number of amides is 1. The molecule has 34 heavy (non-hydrogen) atoms. The van der Waals surface area contributed by atoms with E-state index in [1.807, 2.05) is 62.6 Å². The van der Waals surface area contributed by atoms with E-state index < -0.39 is 0 Å². The van der Waals surface area contributed by atoms with Crippen molar-refractivity contribution < 1.29 is 19.0 Å². The topological polar surface area (TPSA) is 72.9 Å². The minimum atomic E-state index is -0.112. The summed E-state index contributed by atoms with van der Waals surface area (Å²) in [6, 6.07) is 15.2. The lowest BCUT2D eigenvalue weighted by Crippen LogP contribution is -2.19. The molecule has 0 fully saturated rings. The first-order valence-corrected chi connectivity index (χ1v) is 11.3. The lowest BCUT2D eigenvalue weighted by Gasteiger charge is -2.16. The van der Waals surface area contributed by atoms with E-state index in [2.05, 4.69) is 15.2 Å². The predicted octanol–water partition coefficient (Wildman–Crippen LogP) is 4.42. The van der Waals surface area contributed by atoms with E-state index in [0.717, 1.165) is 51.7 Å². The van der Waals surface area contributed by atoms with Gasteiger partial charge in [-0.05, 0) is 55.2 Å². The Bertz CT molecular complexity index is 1380. The lowest BCUT2D eigenvalue weighted by atomic mass is 10.0. The molecule has 174 valence electrons. The van der Waals surface area contributed by atoms with Crippen LogP contribution in [0.15, 0.2) is 54.7 Å². The molecule has 3 aromatic carbocycles. The predicted molar refractivity (Wildman–Crippen MR) is 132 cm³/mol. The third-order valence-electron chi connectivity index (χ3n) is 5.96. The number of hydrogen-bond acceptors (Lipinski definition) is 6. The van der Waals surface area contributed by atoms with E-state index >= 15 is 0 Å². The first-order valence-electron chi connectivity index (χ1n) is 11.3. The van der Waals surface area contributed by atoms with Crippen LogP contribution >= 0.6 is 0 Å². The molecule has 1 aliphatic rings. The summed E-state index contributed by atoms with van der Waals surface area (Å²) in [6.07, 6.45) is 2.51. The van der Waals surface area contributed by atoms with E-state index in [-0.39, 0.29) is 5.91 Å². The van der Waals surface area contributed by atoms with Gasteiger partial charge in [-0.3, -0.25) is 9.78 Å². The maximum atomic E-state index is 12.2. The van der Waals surface area contributed by atoms with E-state index in [0.29, 0.717) is 30.3 Å². The van der Waals surface area contributed by atoms with Crippen LogP contribution in [0.5, 0.6) is 23.0 Å². The van der Waals surface area contributed by atoms with Crippen molar-refractivity contribution in [3.63, 3.8) is 0 Å². The zero-order valence-corrected chi connectivity index (χ0v) is 19.6. The number of nitrogens with one attached hydrogen (secondary N) is 1. The Morgan fingerprint density at radius 2 is 2.03 bits per heavy atom. The normalized spacial score (nSPS) is 12.6. The monoisotopic (exact) mass is 457 g/mol. The molecule has 0 radical (unpaired) electrons. The molecule has 0 aliphatic carbocycles. The summed E-state index contributed by atoms with van der Waals surface area (Å²) in [6.45, 7) is 1.98. The largest absolute Gasteiger partial charge is 0.489 e. The zero-order valence-electron chi connectivity index (χ0n) is 19.6. The Balaban J connectivity index is 1.52. The summed E-state index contributed by atoms with van der Waals surface area (Å²) in [5.41, 5.74) is 2.50. The minimum Gasteiger partial charge on any atom is -0.489 e. The summed E-state index contributed by atoms with van der Waals surface area (Å²) in [7, 11) is 5.66. The number of fused-ring (bicyclic) bond motifs is 4. The second kappa shape index (κ2) is 9.19. The van der Waals surface area contributed by atoms with Crippen LogP contribution in [0.4, 0.5) is 0 Å². The number of likely N-dealkylation sites (N-methyl/N-ethyl adjacent to an activating group) is 1. The van der Waals surface area contributed by atoms with Crippen molar-refractivity contribution >= 4 is 27.6 Å². The first kappa shape index (κ1) is 22.0. The van der Waals surface area contributed by atoms with Gasteiger partial charge >= 0.3 is 0 Å². The van der Waals surface area contributed by atoms with Gasteiger partial charge in [0.1, 0.15) is 18.1 Å². The van der Waals surface area contributed by atoms with Crippen molar-refractivity contribution in [3.05, 3.63) is 65.9 Å². The fourth-order valence-corrected chi connectivity index (χ4v) is 4.29. The molecule has 0 saturated heterocycles.